The largest absolute Gasteiger partial charge is 0.386 e. The molecule has 0 aromatic carbocycles. The van der Waals surface area contributed by atoms with Gasteiger partial charge in [0, 0.05) is 25.0 Å². The lowest BCUT2D eigenvalue weighted by Crippen LogP contribution is -2.06. The Hall–Kier alpha value is -1.74. The molecule has 0 aliphatic rings. The smallest absolute Gasteiger partial charge is 0.100 e. The molecule has 0 aliphatic carbocycles. The minimum Gasteiger partial charge on any atom is -0.386 e. The number of pyridine rings is 2. The van der Waals surface area contributed by atoms with Crippen LogP contribution in [0.25, 0.3) is 0 Å². The second-order valence-corrected chi connectivity index (χ2v) is 4.29. The van der Waals surface area contributed by atoms with Gasteiger partial charge in [-0.15, -0.1) is 0 Å². The fourth-order valence-corrected chi connectivity index (χ4v) is 1.91. The van der Waals surface area contributed by atoms with Gasteiger partial charge >= 0.3 is 0 Å². The van der Waals surface area contributed by atoms with E-state index in [0.29, 0.717) is 6.42 Å². The molecule has 2 rings (SSSR count). The summed E-state index contributed by atoms with van der Waals surface area (Å²) in [6, 6.07) is 5.86. The summed E-state index contributed by atoms with van der Waals surface area (Å²) in [7, 11) is 0. The molecule has 2 heterocycles. The van der Waals surface area contributed by atoms with Crippen LogP contribution in [0.3, 0.4) is 0 Å². The third-order valence-electron chi connectivity index (χ3n) is 2.75. The highest BCUT2D eigenvalue weighted by Gasteiger charge is 2.12. The van der Waals surface area contributed by atoms with Crippen molar-refractivity contribution in [2.45, 2.75) is 26.4 Å². The van der Waals surface area contributed by atoms with E-state index in [-0.39, 0.29) is 0 Å². The van der Waals surface area contributed by atoms with Crippen LogP contribution in [0.1, 0.15) is 28.5 Å². The highest BCUT2D eigenvalue weighted by molar-refractivity contribution is 5.26. The van der Waals surface area contributed by atoms with Crippen LogP contribution in [0.4, 0.5) is 0 Å². The first-order chi connectivity index (χ1) is 8.16. The van der Waals surface area contributed by atoms with Crippen LogP contribution in [-0.4, -0.2) is 15.1 Å². The third-order valence-corrected chi connectivity index (χ3v) is 2.75. The highest BCUT2D eigenvalue weighted by atomic mass is 16.3. The van der Waals surface area contributed by atoms with E-state index in [1.165, 1.54) is 0 Å². The monoisotopic (exact) mass is 228 g/mol. The molecule has 0 amide bonds. The van der Waals surface area contributed by atoms with Crippen molar-refractivity contribution in [2.24, 2.45) is 0 Å². The van der Waals surface area contributed by atoms with E-state index in [1.54, 1.807) is 18.6 Å². The predicted molar refractivity (Wildman–Crippen MR) is 66.6 cm³/mol. The molecule has 2 aromatic heterocycles. The number of aryl methyl sites for hydroxylation is 2. The van der Waals surface area contributed by atoms with Crippen molar-refractivity contribution in [3.05, 3.63) is 59.2 Å². The zero-order valence-corrected chi connectivity index (χ0v) is 10.1. The summed E-state index contributed by atoms with van der Waals surface area (Å²) in [4.78, 5) is 8.27. The average Bonchev–Trinajstić information content (AvgIpc) is 2.30. The van der Waals surface area contributed by atoms with Crippen molar-refractivity contribution in [1.29, 1.82) is 0 Å². The van der Waals surface area contributed by atoms with Gasteiger partial charge in [-0.1, -0.05) is 6.07 Å². The van der Waals surface area contributed by atoms with Crippen molar-refractivity contribution in [1.82, 2.24) is 9.97 Å². The number of aromatic nitrogens is 2. The molecular weight excluding hydrogens is 212 g/mol. The lowest BCUT2D eigenvalue weighted by atomic mass is 10.0. The van der Waals surface area contributed by atoms with E-state index in [0.717, 1.165) is 22.4 Å². The molecule has 1 atom stereocenters. The molecule has 88 valence electrons. The molecule has 0 saturated heterocycles. The van der Waals surface area contributed by atoms with Crippen LogP contribution in [0.15, 0.2) is 36.8 Å². The van der Waals surface area contributed by atoms with Gasteiger partial charge in [-0.25, -0.2) is 0 Å². The molecule has 0 saturated carbocycles. The predicted octanol–water partition coefficient (Wildman–Crippen LogP) is 2.37. The molecule has 0 bridgehead atoms. The Bertz CT molecular complexity index is 497. The first-order valence-corrected chi connectivity index (χ1v) is 5.67. The van der Waals surface area contributed by atoms with Crippen LogP contribution in [0.2, 0.25) is 0 Å². The minimum absolute atomic E-state index is 0.557. The van der Waals surface area contributed by atoms with Gasteiger partial charge in [0.2, 0.25) is 0 Å². The Morgan fingerprint density at radius 2 is 1.94 bits per heavy atom. The van der Waals surface area contributed by atoms with Gasteiger partial charge in [0.15, 0.2) is 0 Å². The van der Waals surface area contributed by atoms with Crippen LogP contribution in [0, 0.1) is 13.8 Å². The van der Waals surface area contributed by atoms with E-state index in [4.69, 9.17) is 0 Å². The highest BCUT2D eigenvalue weighted by Crippen LogP contribution is 2.19. The topological polar surface area (TPSA) is 46.0 Å². The first-order valence-electron chi connectivity index (χ1n) is 5.67. The van der Waals surface area contributed by atoms with Crippen molar-refractivity contribution in [2.75, 3.05) is 0 Å². The molecule has 3 nitrogen and oxygen atoms in total. The van der Waals surface area contributed by atoms with E-state index in [2.05, 4.69) is 9.97 Å². The third kappa shape index (κ3) is 2.88. The minimum atomic E-state index is -0.557. The fraction of sp³-hybridized carbons (Fsp3) is 0.286. The summed E-state index contributed by atoms with van der Waals surface area (Å²) in [5.41, 5.74) is 3.97. The Morgan fingerprint density at radius 3 is 2.59 bits per heavy atom. The van der Waals surface area contributed by atoms with Crippen LogP contribution < -0.4 is 0 Å². The molecule has 1 N–H and O–H groups in total. The standard InChI is InChI=1S/C14H16N2O/c1-10-7-11(2)14(16-9-10)13(17)8-12-3-5-15-6-4-12/h3-7,9,13,17H,8H2,1-2H3. The molecule has 0 spiro atoms. The molecule has 2 aromatic rings. The first kappa shape index (κ1) is 11.7. The summed E-state index contributed by atoms with van der Waals surface area (Å²) < 4.78 is 0. The maximum Gasteiger partial charge on any atom is 0.100 e. The molecule has 3 heteroatoms. The van der Waals surface area contributed by atoms with E-state index in [1.807, 2.05) is 32.0 Å². The Balaban J connectivity index is 2.17. The van der Waals surface area contributed by atoms with Crippen LogP contribution in [0.5, 0.6) is 0 Å². The summed E-state index contributed by atoms with van der Waals surface area (Å²) in [6.07, 6.45) is 5.27. The molecule has 1 unspecified atom stereocenters. The van der Waals surface area contributed by atoms with Gasteiger partial charge in [0.25, 0.3) is 0 Å². The van der Waals surface area contributed by atoms with Gasteiger partial charge in [-0.3, -0.25) is 9.97 Å². The average molecular weight is 228 g/mol. The number of rotatable bonds is 3. The van der Waals surface area contributed by atoms with Crippen molar-refractivity contribution >= 4 is 0 Å². The zero-order valence-electron chi connectivity index (χ0n) is 10.1. The molecule has 17 heavy (non-hydrogen) atoms. The van der Waals surface area contributed by atoms with Crippen LogP contribution >= 0.6 is 0 Å². The Morgan fingerprint density at radius 1 is 1.24 bits per heavy atom. The Labute approximate surface area is 101 Å². The quantitative estimate of drug-likeness (QED) is 0.877. The van der Waals surface area contributed by atoms with Crippen molar-refractivity contribution < 1.29 is 5.11 Å². The zero-order chi connectivity index (χ0) is 12.3. The van der Waals surface area contributed by atoms with Gasteiger partial charge in [0.05, 0.1) is 5.69 Å². The van der Waals surface area contributed by atoms with E-state index in [9.17, 15) is 5.11 Å². The summed E-state index contributed by atoms with van der Waals surface area (Å²) in [6.45, 7) is 3.98. The maximum atomic E-state index is 10.2. The normalized spacial score (nSPS) is 12.4. The van der Waals surface area contributed by atoms with Crippen LogP contribution in [-0.2, 0) is 6.42 Å². The number of aliphatic hydroxyl groups is 1. The van der Waals surface area contributed by atoms with Crippen molar-refractivity contribution in [3.63, 3.8) is 0 Å². The lowest BCUT2D eigenvalue weighted by molar-refractivity contribution is 0.173. The number of hydrogen-bond donors (Lipinski definition) is 1. The lowest BCUT2D eigenvalue weighted by Gasteiger charge is -2.13. The van der Waals surface area contributed by atoms with E-state index >= 15 is 0 Å². The fourth-order valence-electron chi connectivity index (χ4n) is 1.91. The maximum absolute atomic E-state index is 10.2. The summed E-state index contributed by atoms with van der Waals surface area (Å²) in [5, 5.41) is 10.2. The second-order valence-electron chi connectivity index (χ2n) is 4.29. The van der Waals surface area contributed by atoms with Gasteiger partial charge in [-0.05, 0) is 42.7 Å². The van der Waals surface area contributed by atoms with Gasteiger partial charge in [0.1, 0.15) is 6.10 Å². The molecule has 0 radical (unpaired) electrons. The van der Waals surface area contributed by atoms with Crippen molar-refractivity contribution in [3.8, 4) is 0 Å². The SMILES string of the molecule is Cc1cnc(C(O)Cc2ccncc2)c(C)c1. The summed E-state index contributed by atoms with van der Waals surface area (Å²) >= 11 is 0. The van der Waals surface area contributed by atoms with Gasteiger partial charge in [-0.2, -0.15) is 0 Å². The van der Waals surface area contributed by atoms with Gasteiger partial charge < -0.3 is 5.11 Å². The molecule has 0 aliphatic heterocycles. The molecular formula is C14H16N2O. The van der Waals surface area contributed by atoms with E-state index < -0.39 is 6.10 Å². The molecule has 0 fully saturated rings. The summed E-state index contributed by atoms with van der Waals surface area (Å²) in [5.74, 6) is 0. The Kier molecular flexibility index (Phi) is 3.49. The second kappa shape index (κ2) is 5.06. The number of aliphatic hydroxyl groups excluding tert-OH is 1. The number of hydrogen-bond acceptors (Lipinski definition) is 3. The number of nitrogens with zero attached hydrogens (tertiary/aromatic N) is 2.